The van der Waals surface area contributed by atoms with Crippen LogP contribution in [0.1, 0.15) is 25.3 Å². The number of carbonyl (C=O) groups excluding carboxylic acids is 1. The van der Waals surface area contributed by atoms with Gasteiger partial charge in [0.2, 0.25) is 6.79 Å². The van der Waals surface area contributed by atoms with Crippen LogP contribution in [0.15, 0.2) is 18.2 Å². The Morgan fingerprint density at radius 1 is 1.28 bits per heavy atom. The third kappa shape index (κ3) is 3.29. The minimum atomic E-state index is -0.138. The highest BCUT2D eigenvalue weighted by atomic mass is 16.7. The Labute approximate surface area is 106 Å². The summed E-state index contributed by atoms with van der Waals surface area (Å²) in [5, 5.41) is 5.60. The summed E-state index contributed by atoms with van der Waals surface area (Å²) >= 11 is 0. The van der Waals surface area contributed by atoms with Crippen molar-refractivity contribution in [3.05, 3.63) is 23.8 Å². The molecule has 0 bridgehead atoms. The van der Waals surface area contributed by atoms with E-state index in [0.717, 1.165) is 29.9 Å². The molecule has 0 aromatic heterocycles. The maximum atomic E-state index is 11.4. The molecule has 2 N–H and O–H groups in total. The topological polar surface area (TPSA) is 59.6 Å². The number of hydrogen-bond acceptors (Lipinski definition) is 3. The molecule has 0 spiro atoms. The average Bonchev–Trinajstić information content (AvgIpc) is 2.84. The van der Waals surface area contributed by atoms with Crippen LogP contribution in [0.3, 0.4) is 0 Å². The molecule has 1 aromatic carbocycles. The van der Waals surface area contributed by atoms with Gasteiger partial charge in [0, 0.05) is 13.1 Å². The van der Waals surface area contributed by atoms with Gasteiger partial charge >= 0.3 is 6.03 Å². The van der Waals surface area contributed by atoms with Crippen molar-refractivity contribution in [3.8, 4) is 11.5 Å². The molecule has 0 atom stereocenters. The van der Waals surface area contributed by atoms with E-state index in [0.29, 0.717) is 13.1 Å². The van der Waals surface area contributed by atoms with Crippen LogP contribution in [-0.2, 0) is 6.54 Å². The van der Waals surface area contributed by atoms with Gasteiger partial charge in [-0.25, -0.2) is 4.79 Å². The fourth-order valence-electron chi connectivity index (χ4n) is 1.67. The monoisotopic (exact) mass is 250 g/mol. The van der Waals surface area contributed by atoms with Crippen molar-refractivity contribution in [2.45, 2.75) is 26.3 Å². The molecule has 1 aromatic rings. The lowest BCUT2D eigenvalue weighted by molar-refractivity contribution is 0.174. The largest absolute Gasteiger partial charge is 0.454 e. The highest BCUT2D eigenvalue weighted by Crippen LogP contribution is 2.32. The smallest absolute Gasteiger partial charge is 0.315 e. The van der Waals surface area contributed by atoms with E-state index in [1.165, 1.54) is 0 Å². The molecule has 0 fully saturated rings. The van der Waals surface area contributed by atoms with Crippen LogP contribution < -0.4 is 20.1 Å². The van der Waals surface area contributed by atoms with E-state index in [1.807, 2.05) is 18.2 Å². The van der Waals surface area contributed by atoms with E-state index < -0.39 is 0 Å². The Morgan fingerprint density at radius 3 is 2.94 bits per heavy atom. The van der Waals surface area contributed by atoms with Crippen molar-refractivity contribution in [2.75, 3.05) is 13.3 Å². The number of amides is 2. The number of unbranched alkanes of at least 4 members (excludes halogenated alkanes) is 1. The maximum Gasteiger partial charge on any atom is 0.315 e. The molecule has 0 saturated heterocycles. The molecule has 0 aliphatic carbocycles. The standard InChI is InChI=1S/C13H18N2O3/c1-2-3-6-14-13(16)15-8-10-4-5-11-12(7-10)18-9-17-11/h4-5,7H,2-3,6,8-9H2,1H3,(H2,14,15,16). The quantitative estimate of drug-likeness (QED) is 0.786. The molecule has 1 aliphatic rings. The third-order valence-corrected chi connectivity index (χ3v) is 2.71. The molecule has 18 heavy (non-hydrogen) atoms. The number of benzene rings is 1. The highest BCUT2D eigenvalue weighted by Gasteiger charge is 2.13. The number of hydrogen-bond donors (Lipinski definition) is 2. The van der Waals surface area contributed by atoms with Crippen LogP contribution >= 0.6 is 0 Å². The molecule has 0 radical (unpaired) electrons. The molecule has 1 heterocycles. The molecule has 98 valence electrons. The van der Waals surface area contributed by atoms with Gasteiger partial charge in [-0.1, -0.05) is 19.4 Å². The summed E-state index contributed by atoms with van der Waals surface area (Å²) < 4.78 is 10.5. The van der Waals surface area contributed by atoms with Crippen LogP contribution in [0.2, 0.25) is 0 Å². The lowest BCUT2D eigenvalue weighted by Crippen LogP contribution is -2.35. The second-order valence-electron chi connectivity index (χ2n) is 4.15. The summed E-state index contributed by atoms with van der Waals surface area (Å²) in [5.41, 5.74) is 0.991. The van der Waals surface area contributed by atoms with Crippen molar-refractivity contribution in [1.82, 2.24) is 10.6 Å². The fraction of sp³-hybridized carbons (Fsp3) is 0.462. The summed E-state index contributed by atoms with van der Waals surface area (Å²) in [4.78, 5) is 11.4. The second kappa shape index (κ2) is 6.14. The van der Waals surface area contributed by atoms with Gasteiger partial charge in [0.15, 0.2) is 11.5 Å². The van der Waals surface area contributed by atoms with Crippen molar-refractivity contribution in [2.24, 2.45) is 0 Å². The highest BCUT2D eigenvalue weighted by molar-refractivity contribution is 5.73. The lowest BCUT2D eigenvalue weighted by Gasteiger charge is -2.07. The molecule has 2 rings (SSSR count). The first-order valence-electron chi connectivity index (χ1n) is 6.20. The van der Waals surface area contributed by atoms with Crippen LogP contribution in [0.25, 0.3) is 0 Å². The second-order valence-corrected chi connectivity index (χ2v) is 4.15. The number of urea groups is 1. The number of carbonyl (C=O) groups is 1. The number of ether oxygens (including phenoxy) is 2. The van der Waals surface area contributed by atoms with Crippen molar-refractivity contribution in [1.29, 1.82) is 0 Å². The first-order valence-corrected chi connectivity index (χ1v) is 6.20. The Hall–Kier alpha value is -1.91. The number of rotatable bonds is 5. The third-order valence-electron chi connectivity index (χ3n) is 2.71. The zero-order valence-corrected chi connectivity index (χ0v) is 10.5. The van der Waals surface area contributed by atoms with Gasteiger partial charge in [0.1, 0.15) is 0 Å². The summed E-state index contributed by atoms with van der Waals surface area (Å²) in [5.74, 6) is 1.49. The van der Waals surface area contributed by atoms with Gasteiger partial charge in [0.05, 0.1) is 0 Å². The van der Waals surface area contributed by atoms with E-state index in [9.17, 15) is 4.79 Å². The molecule has 5 heteroatoms. The van der Waals surface area contributed by atoms with Gasteiger partial charge in [-0.05, 0) is 24.1 Å². The SMILES string of the molecule is CCCCNC(=O)NCc1ccc2c(c1)OCO2. The van der Waals surface area contributed by atoms with Crippen molar-refractivity contribution >= 4 is 6.03 Å². The summed E-state index contributed by atoms with van der Waals surface area (Å²) in [6, 6.07) is 5.52. The van der Waals surface area contributed by atoms with Gasteiger partial charge in [0.25, 0.3) is 0 Å². The predicted octanol–water partition coefficient (Wildman–Crippen LogP) is 2.01. The van der Waals surface area contributed by atoms with Crippen molar-refractivity contribution in [3.63, 3.8) is 0 Å². The summed E-state index contributed by atoms with van der Waals surface area (Å²) in [6.07, 6.45) is 2.07. The maximum absolute atomic E-state index is 11.4. The molecule has 2 amide bonds. The minimum Gasteiger partial charge on any atom is -0.454 e. The van der Waals surface area contributed by atoms with Gasteiger partial charge < -0.3 is 20.1 Å². The van der Waals surface area contributed by atoms with E-state index in [4.69, 9.17) is 9.47 Å². The first kappa shape index (κ1) is 12.5. The number of nitrogens with one attached hydrogen (secondary N) is 2. The molecule has 5 nitrogen and oxygen atoms in total. The average molecular weight is 250 g/mol. The van der Waals surface area contributed by atoms with Crippen LogP contribution in [-0.4, -0.2) is 19.4 Å². The van der Waals surface area contributed by atoms with Gasteiger partial charge in [-0.15, -0.1) is 0 Å². The Morgan fingerprint density at radius 2 is 2.11 bits per heavy atom. The molecular formula is C13H18N2O3. The van der Waals surface area contributed by atoms with Gasteiger partial charge in [-0.2, -0.15) is 0 Å². The lowest BCUT2D eigenvalue weighted by atomic mass is 10.2. The first-order chi connectivity index (χ1) is 8.79. The van der Waals surface area contributed by atoms with E-state index >= 15 is 0 Å². The molecule has 0 unspecified atom stereocenters. The van der Waals surface area contributed by atoms with E-state index in [-0.39, 0.29) is 12.8 Å². The Kier molecular flexibility index (Phi) is 4.28. The predicted molar refractivity (Wildman–Crippen MR) is 67.7 cm³/mol. The fourth-order valence-corrected chi connectivity index (χ4v) is 1.67. The zero-order chi connectivity index (χ0) is 12.8. The summed E-state index contributed by atoms with van der Waals surface area (Å²) in [6.45, 7) is 3.55. The molecular weight excluding hydrogens is 232 g/mol. The van der Waals surface area contributed by atoms with E-state index in [1.54, 1.807) is 0 Å². The van der Waals surface area contributed by atoms with Gasteiger partial charge in [-0.3, -0.25) is 0 Å². The Balaban J connectivity index is 1.78. The van der Waals surface area contributed by atoms with Crippen LogP contribution in [0, 0.1) is 0 Å². The molecule has 0 saturated carbocycles. The number of fused-ring (bicyclic) bond motifs is 1. The van der Waals surface area contributed by atoms with Crippen LogP contribution in [0.4, 0.5) is 4.79 Å². The van der Waals surface area contributed by atoms with Crippen molar-refractivity contribution < 1.29 is 14.3 Å². The summed E-state index contributed by atoms with van der Waals surface area (Å²) in [7, 11) is 0. The minimum absolute atomic E-state index is 0.138. The molecule has 1 aliphatic heterocycles. The van der Waals surface area contributed by atoms with E-state index in [2.05, 4.69) is 17.6 Å². The normalized spacial score (nSPS) is 12.3. The van der Waals surface area contributed by atoms with Crippen LogP contribution in [0.5, 0.6) is 11.5 Å². The zero-order valence-electron chi connectivity index (χ0n) is 10.5. The Bertz CT molecular complexity index is 421.